The maximum Gasteiger partial charge on any atom is 0.139 e. The van der Waals surface area contributed by atoms with Crippen LogP contribution in [0.15, 0.2) is 34.8 Å². The molecule has 1 N–H and O–H groups in total. The van der Waals surface area contributed by atoms with Crippen molar-refractivity contribution in [1.29, 1.82) is 0 Å². The Hall–Kier alpha value is -0.450. The third-order valence-corrected chi connectivity index (χ3v) is 4.34. The van der Waals surface area contributed by atoms with Gasteiger partial charge in [-0.3, -0.25) is 0 Å². The number of aliphatic hydroxyl groups is 1. The second-order valence-electron chi connectivity index (χ2n) is 4.09. The highest BCUT2D eigenvalue weighted by Gasteiger charge is 2.19. The largest absolute Gasteiger partial charge is 0.495 e. The predicted octanol–water partition coefficient (Wildman–Crippen LogP) is 5.50. The average Bonchev–Trinajstić information content (AvgIpc) is 2.40. The Morgan fingerprint density at radius 1 is 1.10 bits per heavy atom. The normalized spacial score (nSPS) is 12.3. The molecule has 6 heteroatoms. The molecular weight excluding hydrogens is 386 g/mol. The predicted molar refractivity (Wildman–Crippen MR) is 86.2 cm³/mol. The zero-order valence-corrected chi connectivity index (χ0v) is 14.2. The molecule has 2 aromatic rings. The van der Waals surface area contributed by atoms with E-state index in [0.717, 1.165) is 0 Å². The van der Waals surface area contributed by atoms with Gasteiger partial charge in [-0.15, -0.1) is 0 Å². The van der Waals surface area contributed by atoms with E-state index < -0.39 is 6.10 Å². The zero-order valence-electron chi connectivity index (χ0n) is 10.3. The smallest absolute Gasteiger partial charge is 0.139 e. The van der Waals surface area contributed by atoms with Gasteiger partial charge >= 0.3 is 0 Å². The summed E-state index contributed by atoms with van der Waals surface area (Å²) >= 11 is 21.2. The zero-order chi connectivity index (χ0) is 14.9. The van der Waals surface area contributed by atoms with Crippen LogP contribution in [0.4, 0.5) is 0 Å². The number of hydrogen-bond donors (Lipinski definition) is 1. The molecule has 0 aliphatic rings. The summed E-state index contributed by atoms with van der Waals surface area (Å²) in [6.45, 7) is 0. The molecule has 1 atom stereocenters. The molecule has 106 valence electrons. The van der Waals surface area contributed by atoms with Crippen molar-refractivity contribution in [1.82, 2.24) is 0 Å². The second-order valence-corrected chi connectivity index (χ2v) is 6.19. The minimum atomic E-state index is -0.922. The number of hydrogen-bond acceptors (Lipinski definition) is 2. The summed E-state index contributed by atoms with van der Waals surface area (Å²) in [6.07, 6.45) is -0.922. The first-order valence-corrected chi connectivity index (χ1v) is 7.52. The van der Waals surface area contributed by atoms with E-state index in [4.69, 9.17) is 39.5 Å². The third-order valence-electron chi connectivity index (χ3n) is 2.80. The van der Waals surface area contributed by atoms with Gasteiger partial charge in [0.1, 0.15) is 11.9 Å². The van der Waals surface area contributed by atoms with Crippen molar-refractivity contribution in [2.24, 2.45) is 0 Å². The quantitative estimate of drug-likeness (QED) is 0.742. The van der Waals surface area contributed by atoms with Gasteiger partial charge in [-0.25, -0.2) is 0 Å². The highest BCUT2D eigenvalue weighted by molar-refractivity contribution is 9.10. The standard InChI is InChI=1S/C14H10BrCl3O2/c1-20-14-9(5-8(16)6-10(14)15)13(19)7-2-3-11(17)12(18)4-7/h2-6,13,19H,1H3. The van der Waals surface area contributed by atoms with Crippen LogP contribution in [0.1, 0.15) is 17.2 Å². The summed E-state index contributed by atoms with van der Waals surface area (Å²) in [4.78, 5) is 0. The van der Waals surface area contributed by atoms with Gasteiger partial charge in [0.05, 0.1) is 21.6 Å². The van der Waals surface area contributed by atoms with Crippen molar-refractivity contribution in [3.05, 3.63) is 61.0 Å². The van der Waals surface area contributed by atoms with Crippen molar-refractivity contribution in [2.45, 2.75) is 6.10 Å². The Kier molecular flexibility index (Phi) is 5.21. The molecule has 0 aliphatic carbocycles. The van der Waals surface area contributed by atoms with E-state index in [1.807, 2.05) is 0 Å². The van der Waals surface area contributed by atoms with Crippen LogP contribution in [0.25, 0.3) is 0 Å². The Labute approximate surface area is 140 Å². The first-order chi connectivity index (χ1) is 9.43. The number of aliphatic hydroxyl groups excluding tert-OH is 1. The first-order valence-electron chi connectivity index (χ1n) is 5.60. The van der Waals surface area contributed by atoms with Crippen LogP contribution in [-0.4, -0.2) is 12.2 Å². The van der Waals surface area contributed by atoms with Crippen molar-refractivity contribution < 1.29 is 9.84 Å². The molecule has 0 spiro atoms. The molecule has 20 heavy (non-hydrogen) atoms. The topological polar surface area (TPSA) is 29.5 Å². The van der Waals surface area contributed by atoms with E-state index in [1.165, 1.54) is 7.11 Å². The summed E-state index contributed by atoms with van der Waals surface area (Å²) in [5, 5.41) is 11.8. The molecule has 0 fully saturated rings. The maximum absolute atomic E-state index is 10.5. The molecule has 0 saturated heterocycles. The van der Waals surface area contributed by atoms with Crippen LogP contribution < -0.4 is 4.74 Å². The van der Waals surface area contributed by atoms with E-state index in [1.54, 1.807) is 30.3 Å². The van der Waals surface area contributed by atoms with Crippen LogP contribution in [0.2, 0.25) is 15.1 Å². The molecule has 0 amide bonds. The summed E-state index contributed by atoms with van der Waals surface area (Å²) in [5.41, 5.74) is 1.15. The highest BCUT2D eigenvalue weighted by Crippen LogP contribution is 2.39. The fraction of sp³-hybridized carbons (Fsp3) is 0.143. The number of benzene rings is 2. The molecule has 0 aliphatic heterocycles. The van der Waals surface area contributed by atoms with Gasteiger partial charge in [0.15, 0.2) is 0 Å². The van der Waals surface area contributed by atoms with Crippen molar-refractivity contribution >= 4 is 50.7 Å². The van der Waals surface area contributed by atoms with E-state index in [-0.39, 0.29) is 0 Å². The maximum atomic E-state index is 10.5. The summed E-state index contributed by atoms with van der Waals surface area (Å²) in [6, 6.07) is 8.30. The Morgan fingerprint density at radius 2 is 1.80 bits per heavy atom. The molecule has 0 aromatic heterocycles. The van der Waals surface area contributed by atoms with Gasteiger partial charge in [-0.2, -0.15) is 0 Å². The average molecular weight is 396 g/mol. The molecular formula is C14H10BrCl3O2. The minimum Gasteiger partial charge on any atom is -0.495 e. The lowest BCUT2D eigenvalue weighted by Crippen LogP contribution is -2.03. The van der Waals surface area contributed by atoms with Crippen LogP contribution in [0.5, 0.6) is 5.75 Å². The summed E-state index contributed by atoms with van der Waals surface area (Å²) in [7, 11) is 1.53. The van der Waals surface area contributed by atoms with E-state index in [0.29, 0.717) is 36.4 Å². The molecule has 2 rings (SSSR count). The lowest BCUT2D eigenvalue weighted by atomic mass is 10.0. The lowest BCUT2D eigenvalue weighted by Gasteiger charge is -2.17. The SMILES string of the molecule is COc1c(Br)cc(Cl)cc1C(O)c1ccc(Cl)c(Cl)c1. The Bertz CT molecular complexity index is 647. The fourth-order valence-electron chi connectivity index (χ4n) is 1.86. The molecule has 0 bridgehead atoms. The monoisotopic (exact) mass is 394 g/mol. The fourth-order valence-corrected chi connectivity index (χ4v) is 3.16. The Morgan fingerprint density at radius 3 is 2.40 bits per heavy atom. The van der Waals surface area contributed by atoms with Crippen LogP contribution in [-0.2, 0) is 0 Å². The molecule has 0 saturated carbocycles. The summed E-state index contributed by atoms with van der Waals surface area (Å²) in [5.74, 6) is 0.521. The van der Waals surface area contributed by atoms with Crippen molar-refractivity contribution in [2.75, 3.05) is 7.11 Å². The van der Waals surface area contributed by atoms with Gasteiger partial charge < -0.3 is 9.84 Å². The van der Waals surface area contributed by atoms with Crippen molar-refractivity contribution in [3.8, 4) is 5.75 Å². The van der Waals surface area contributed by atoms with Crippen molar-refractivity contribution in [3.63, 3.8) is 0 Å². The number of rotatable bonds is 3. The second kappa shape index (κ2) is 6.54. The molecule has 1 unspecified atom stereocenters. The summed E-state index contributed by atoms with van der Waals surface area (Å²) < 4.78 is 5.97. The molecule has 0 heterocycles. The Balaban J connectivity index is 2.52. The molecule has 2 aromatic carbocycles. The van der Waals surface area contributed by atoms with Gasteiger partial charge in [0.2, 0.25) is 0 Å². The van der Waals surface area contributed by atoms with E-state index in [9.17, 15) is 5.11 Å². The number of methoxy groups -OCH3 is 1. The molecule has 0 radical (unpaired) electrons. The van der Waals surface area contributed by atoms with Crippen LogP contribution in [0, 0.1) is 0 Å². The lowest BCUT2D eigenvalue weighted by molar-refractivity contribution is 0.214. The third kappa shape index (κ3) is 3.23. The molecule has 2 nitrogen and oxygen atoms in total. The highest BCUT2D eigenvalue weighted by atomic mass is 79.9. The van der Waals surface area contributed by atoms with Gasteiger partial charge in [0.25, 0.3) is 0 Å². The van der Waals surface area contributed by atoms with E-state index in [2.05, 4.69) is 15.9 Å². The van der Waals surface area contributed by atoms with Crippen LogP contribution in [0.3, 0.4) is 0 Å². The number of ether oxygens (including phenoxy) is 1. The van der Waals surface area contributed by atoms with Crippen LogP contribution >= 0.6 is 50.7 Å². The van der Waals surface area contributed by atoms with Gasteiger partial charge in [0, 0.05) is 10.6 Å². The van der Waals surface area contributed by atoms with E-state index >= 15 is 0 Å². The number of halogens is 4. The van der Waals surface area contributed by atoms with Gasteiger partial charge in [-0.05, 0) is 45.8 Å². The first kappa shape index (κ1) is 15.9. The van der Waals surface area contributed by atoms with Gasteiger partial charge in [-0.1, -0.05) is 40.9 Å². The minimum absolute atomic E-state index is 0.378.